The molecule has 0 amide bonds. The van der Waals surface area contributed by atoms with Crippen molar-refractivity contribution in [1.82, 2.24) is 0 Å². The third kappa shape index (κ3) is 4.26. The fourth-order valence-corrected chi connectivity index (χ4v) is 5.02. The molecule has 0 atom stereocenters. The second kappa shape index (κ2) is 9.27. The number of benzene rings is 4. The van der Waals surface area contributed by atoms with Gasteiger partial charge in [0, 0.05) is 16.8 Å². The highest BCUT2D eigenvalue weighted by atomic mass is 14.9. The zero-order valence-electron chi connectivity index (χ0n) is 20.7. The highest BCUT2D eigenvalue weighted by Crippen LogP contribution is 2.50. The Morgan fingerprint density at radius 3 is 2.06 bits per heavy atom. The van der Waals surface area contributed by atoms with E-state index in [9.17, 15) is 0 Å². The molecule has 0 heterocycles. The van der Waals surface area contributed by atoms with Crippen molar-refractivity contribution in [1.29, 1.82) is 0 Å². The number of fused-ring (bicyclic) bond motifs is 3. The molecule has 5 rings (SSSR count). The lowest BCUT2D eigenvalue weighted by Crippen LogP contribution is -2.15. The minimum atomic E-state index is -0.0809. The first-order valence-electron chi connectivity index (χ1n) is 12.2. The smallest absolute Gasteiger partial charge is 0.0387 e. The lowest BCUT2D eigenvalue weighted by atomic mass is 9.81. The Labute approximate surface area is 209 Å². The number of anilines is 2. The van der Waals surface area contributed by atoms with Crippen LogP contribution >= 0.6 is 0 Å². The summed E-state index contributed by atoms with van der Waals surface area (Å²) in [6, 6.07) is 32.7. The summed E-state index contributed by atoms with van der Waals surface area (Å²) in [4.78, 5) is 0. The highest BCUT2D eigenvalue weighted by molar-refractivity contribution is 5.86. The standard InChI is InChI=1S/C34H31N/c1-5-7-11-24(6-2)27-16-20-30-31-21-19-29(23-33(31)34(3,4)32(30)22-27)35-28-17-14-26(15-18-28)25-12-9-8-10-13-25/h5-23,35H,2H2,1,3-4H3/b7-5-,24-11+. The first kappa shape index (κ1) is 22.7. The van der Waals surface area contributed by atoms with E-state index in [1.54, 1.807) is 0 Å². The molecule has 0 aromatic heterocycles. The Morgan fingerprint density at radius 2 is 1.37 bits per heavy atom. The molecule has 0 unspecified atom stereocenters. The van der Waals surface area contributed by atoms with Crippen molar-refractivity contribution in [2.24, 2.45) is 0 Å². The largest absolute Gasteiger partial charge is 0.356 e. The molecule has 172 valence electrons. The molecular weight excluding hydrogens is 422 g/mol. The average molecular weight is 454 g/mol. The van der Waals surface area contributed by atoms with Gasteiger partial charge in [-0.15, -0.1) is 0 Å². The Hall–Kier alpha value is -4.10. The monoisotopic (exact) mass is 453 g/mol. The van der Waals surface area contributed by atoms with E-state index in [0.717, 1.165) is 16.9 Å². The van der Waals surface area contributed by atoms with Crippen molar-refractivity contribution in [3.05, 3.63) is 139 Å². The van der Waals surface area contributed by atoms with E-state index in [2.05, 4.69) is 123 Å². The number of hydrogen-bond acceptors (Lipinski definition) is 1. The Kier molecular flexibility index (Phi) is 6.01. The molecule has 0 saturated heterocycles. The van der Waals surface area contributed by atoms with Crippen molar-refractivity contribution in [3.8, 4) is 22.3 Å². The van der Waals surface area contributed by atoms with E-state index in [1.165, 1.54) is 38.9 Å². The summed E-state index contributed by atoms with van der Waals surface area (Å²) in [5, 5.41) is 3.61. The summed E-state index contributed by atoms with van der Waals surface area (Å²) in [7, 11) is 0. The number of hydrogen-bond donors (Lipinski definition) is 1. The second-order valence-electron chi connectivity index (χ2n) is 9.57. The summed E-state index contributed by atoms with van der Waals surface area (Å²) in [6.07, 6.45) is 8.16. The fraction of sp³-hybridized carbons (Fsp3) is 0.118. The number of rotatable bonds is 6. The molecule has 1 aliphatic rings. The van der Waals surface area contributed by atoms with E-state index < -0.39 is 0 Å². The Balaban J connectivity index is 1.44. The molecule has 1 heteroatoms. The van der Waals surface area contributed by atoms with Gasteiger partial charge in [-0.25, -0.2) is 0 Å². The predicted molar refractivity (Wildman–Crippen MR) is 152 cm³/mol. The van der Waals surface area contributed by atoms with E-state index in [4.69, 9.17) is 0 Å². The molecule has 0 fully saturated rings. The highest BCUT2D eigenvalue weighted by Gasteiger charge is 2.35. The minimum absolute atomic E-state index is 0.0809. The Morgan fingerprint density at radius 1 is 0.743 bits per heavy atom. The van der Waals surface area contributed by atoms with Gasteiger partial charge in [0.25, 0.3) is 0 Å². The van der Waals surface area contributed by atoms with Crippen LogP contribution in [0.5, 0.6) is 0 Å². The molecular formula is C34H31N. The van der Waals surface area contributed by atoms with Gasteiger partial charge in [-0.1, -0.05) is 105 Å². The van der Waals surface area contributed by atoms with E-state index >= 15 is 0 Å². The quantitative estimate of drug-likeness (QED) is 0.287. The van der Waals surface area contributed by atoms with Gasteiger partial charge in [0.2, 0.25) is 0 Å². The van der Waals surface area contributed by atoms with E-state index in [1.807, 2.05) is 25.1 Å². The maximum atomic E-state index is 4.02. The summed E-state index contributed by atoms with van der Waals surface area (Å²) in [5.74, 6) is 0. The van der Waals surface area contributed by atoms with Crippen LogP contribution in [0.15, 0.2) is 122 Å². The zero-order valence-corrected chi connectivity index (χ0v) is 20.7. The van der Waals surface area contributed by atoms with Crippen LogP contribution in [-0.2, 0) is 5.41 Å². The molecule has 4 aromatic carbocycles. The molecule has 0 radical (unpaired) electrons. The summed E-state index contributed by atoms with van der Waals surface area (Å²) >= 11 is 0. The lowest BCUT2D eigenvalue weighted by molar-refractivity contribution is 0.660. The lowest BCUT2D eigenvalue weighted by Gasteiger charge is -2.23. The van der Waals surface area contributed by atoms with Crippen molar-refractivity contribution < 1.29 is 0 Å². The van der Waals surface area contributed by atoms with Crippen LogP contribution < -0.4 is 5.32 Å². The maximum Gasteiger partial charge on any atom is 0.0387 e. The van der Waals surface area contributed by atoms with Gasteiger partial charge in [-0.2, -0.15) is 0 Å². The zero-order chi connectivity index (χ0) is 24.4. The van der Waals surface area contributed by atoms with Gasteiger partial charge in [0.1, 0.15) is 0 Å². The van der Waals surface area contributed by atoms with E-state index in [-0.39, 0.29) is 5.41 Å². The van der Waals surface area contributed by atoms with Crippen LogP contribution in [0, 0.1) is 0 Å². The molecule has 35 heavy (non-hydrogen) atoms. The molecule has 0 aliphatic heterocycles. The molecule has 0 bridgehead atoms. The molecule has 4 aromatic rings. The first-order chi connectivity index (χ1) is 17.0. The van der Waals surface area contributed by atoms with Crippen molar-refractivity contribution in [2.75, 3.05) is 5.32 Å². The van der Waals surface area contributed by atoms with Crippen LogP contribution in [0.2, 0.25) is 0 Å². The van der Waals surface area contributed by atoms with E-state index in [0.29, 0.717) is 0 Å². The second-order valence-corrected chi connectivity index (χ2v) is 9.57. The summed E-state index contributed by atoms with van der Waals surface area (Å²) < 4.78 is 0. The SMILES string of the molecule is C=C/C(=C\C=C/C)c1ccc2c(c1)C(C)(C)c1cc(Nc3ccc(-c4ccccc4)cc3)ccc1-2. The van der Waals surface area contributed by atoms with Gasteiger partial charge in [0.15, 0.2) is 0 Å². The van der Waals surface area contributed by atoms with Crippen LogP contribution in [0.4, 0.5) is 11.4 Å². The van der Waals surface area contributed by atoms with Gasteiger partial charge in [-0.3, -0.25) is 0 Å². The molecule has 1 N–H and O–H groups in total. The first-order valence-corrected chi connectivity index (χ1v) is 12.2. The van der Waals surface area contributed by atoms with Crippen molar-refractivity contribution in [2.45, 2.75) is 26.2 Å². The average Bonchev–Trinajstić information content (AvgIpc) is 3.11. The molecule has 1 aliphatic carbocycles. The summed E-state index contributed by atoms with van der Waals surface area (Å²) in [5.41, 5.74) is 12.3. The third-order valence-corrected chi connectivity index (χ3v) is 6.98. The molecule has 0 saturated carbocycles. The summed E-state index contributed by atoms with van der Waals surface area (Å²) in [6.45, 7) is 10.7. The van der Waals surface area contributed by atoms with Gasteiger partial charge in [0.05, 0.1) is 0 Å². The van der Waals surface area contributed by atoms with Crippen LogP contribution in [0.1, 0.15) is 37.5 Å². The van der Waals surface area contributed by atoms with Crippen molar-refractivity contribution >= 4 is 16.9 Å². The third-order valence-electron chi connectivity index (χ3n) is 6.98. The Bertz CT molecular complexity index is 1430. The molecule has 0 spiro atoms. The van der Waals surface area contributed by atoms with Gasteiger partial charge in [-0.05, 0) is 81.8 Å². The fourth-order valence-electron chi connectivity index (χ4n) is 5.02. The van der Waals surface area contributed by atoms with Crippen LogP contribution in [0.25, 0.3) is 27.8 Å². The molecule has 1 nitrogen and oxygen atoms in total. The van der Waals surface area contributed by atoms with Gasteiger partial charge < -0.3 is 5.32 Å². The van der Waals surface area contributed by atoms with Gasteiger partial charge >= 0.3 is 0 Å². The van der Waals surface area contributed by atoms with Crippen molar-refractivity contribution in [3.63, 3.8) is 0 Å². The number of nitrogens with one attached hydrogen (secondary N) is 1. The topological polar surface area (TPSA) is 12.0 Å². The normalized spacial score (nSPS) is 14.0. The minimum Gasteiger partial charge on any atom is -0.356 e. The maximum absolute atomic E-state index is 4.02. The predicted octanol–water partition coefficient (Wildman–Crippen LogP) is 9.55. The van der Waals surface area contributed by atoms with Crippen LogP contribution in [-0.4, -0.2) is 0 Å². The number of allylic oxidation sites excluding steroid dienone is 5. The van der Waals surface area contributed by atoms with Crippen LogP contribution in [0.3, 0.4) is 0 Å².